The van der Waals surface area contributed by atoms with Crippen molar-refractivity contribution in [3.63, 3.8) is 0 Å². The molecular formula is C15H21N3O4. The van der Waals surface area contributed by atoms with Crippen LogP contribution in [0.5, 0.6) is 0 Å². The SMILES string of the molecule is Cn1cc(C(=O)N2C[C@@H](O)[C@H](N3CCOCC3)C2)ccc1=O. The topological polar surface area (TPSA) is 75.0 Å². The molecule has 0 aliphatic carbocycles. The number of aliphatic hydroxyl groups excluding tert-OH is 1. The lowest BCUT2D eigenvalue weighted by Crippen LogP contribution is -2.49. The van der Waals surface area contributed by atoms with Gasteiger partial charge in [0, 0.05) is 45.5 Å². The van der Waals surface area contributed by atoms with Crippen molar-refractivity contribution < 1.29 is 14.6 Å². The Hall–Kier alpha value is -1.70. The number of carbonyl (C=O) groups is 1. The second kappa shape index (κ2) is 6.20. The molecule has 0 saturated carbocycles. The average Bonchev–Trinajstić information content (AvgIpc) is 2.92. The van der Waals surface area contributed by atoms with Gasteiger partial charge in [0.1, 0.15) is 0 Å². The summed E-state index contributed by atoms with van der Waals surface area (Å²) in [5.41, 5.74) is 0.320. The summed E-state index contributed by atoms with van der Waals surface area (Å²) in [7, 11) is 1.62. The predicted octanol–water partition coefficient (Wildman–Crippen LogP) is -1.10. The Kier molecular flexibility index (Phi) is 4.28. The van der Waals surface area contributed by atoms with Crippen molar-refractivity contribution in [3.05, 3.63) is 34.2 Å². The van der Waals surface area contributed by atoms with E-state index < -0.39 is 6.10 Å². The first kappa shape index (κ1) is 15.2. The molecule has 2 atom stereocenters. The second-order valence-electron chi connectivity index (χ2n) is 5.86. The fourth-order valence-electron chi connectivity index (χ4n) is 3.11. The quantitative estimate of drug-likeness (QED) is 0.751. The van der Waals surface area contributed by atoms with E-state index in [1.165, 1.54) is 10.6 Å². The summed E-state index contributed by atoms with van der Waals surface area (Å²) in [4.78, 5) is 27.8. The molecule has 22 heavy (non-hydrogen) atoms. The molecule has 0 aromatic carbocycles. The highest BCUT2D eigenvalue weighted by Crippen LogP contribution is 2.19. The molecule has 2 saturated heterocycles. The Balaban J connectivity index is 1.71. The van der Waals surface area contributed by atoms with Crippen molar-refractivity contribution in [2.45, 2.75) is 12.1 Å². The Morgan fingerprint density at radius 1 is 1.27 bits per heavy atom. The fraction of sp³-hybridized carbons (Fsp3) is 0.600. The Labute approximate surface area is 128 Å². The van der Waals surface area contributed by atoms with E-state index in [4.69, 9.17) is 4.74 Å². The van der Waals surface area contributed by atoms with Gasteiger partial charge in [-0.05, 0) is 6.07 Å². The molecule has 1 N–H and O–H groups in total. The minimum absolute atomic E-state index is 0.0413. The molecule has 0 bridgehead atoms. The van der Waals surface area contributed by atoms with E-state index in [1.54, 1.807) is 24.2 Å². The Bertz CT molecular complexity index is 609. The number of rotatable bonds is 2. The first-order valence-electron chi connectivity index (χ1n) is 7.52. The number of morpholine rings is 1. The molecular weight excluding hydrogens is 286 g/mol. The largest absolute Gasteiger partial charge is 0.390 e. The van der Waals surface area contributed by atoms with Crippen LogP contribution >= 0.6 is 0 Å². The van der Waals surface area contributed by atoms with E-state index in [9.17, 15) is 14.7 Å². The van der Waals surface area contributed by atoms with E-state index in [-0.39, 0.29) is 17.5 Å². The lowest BCUT2D eigenvalue weighted by Gasteiger charge is -2.33. The number of aliphatic hydroxyl groups is 1. The van der Waals surface area contributed by atoms with Crippen LogP contribution in [0.2, 0.25) is 0 Å². The molecule has 2 aliphatic rings. The normalized spacial score (nSPS) is 26.4. The van der Waals surface area contributed by atoms with Crippen LogP contribution in [-0.4, -0.2) is 76.9 Å². The third kappa shape index (κ3) is 2.92. The molecule has 3 rings (SSSR count). The molecule has 120 valence electrons. The third-order valence-corrected chi connectivity index (χ3v) is 4.39. The number of nitrogens with zero attached hydrogens (tertiary/aromatic N) is 3. The summed E-state index contributed by atoms with van der Waals surface area (Å²) in [6.07, 6.45) is 0.994. The summed E-state index contributed by atoms with van der Waals surface area (Å²) in [6.45, 7) is 3.72. The molecule has 2 fully saturated rings. The van der Waals surface area contributed by atoms with Crippen LogP contribution in [0.4, 0.5) is 0 Å². The number of amides is 1. The van der Waals surface area contributed by atoms with E-state index in [0.29, 0.717) is 31.9 Å². The number of hydrogen-bond donors (Lipinski definition) is 1. The van der Waals surface area contributed by atoms with Gasteiger partial charge in [-0.15, -0.1) is 0 Å². The maximum Gasteiger partial charge on any atom is 0.255 e. The van der Waals surface area contributed by atoms with Crippen molar-refractivity contribution in [3.8, 4) is 0 Å². The van der Waals surface area contributed by atoms with Gasteiger partial charge in [-0.1, -0.05) is 0 Å². The molecule has 1 aromatic heterocycles. The van der Waals surface area contributed by atoms with Gasteiger partial charge in [-0.3, -0.25) is 14.5 Å². The third-order valence-electron chi connectivity index (χ3n) is 4.39. The Morgan fingerprint density at radius 2 is 2.00 bits per heavy atom. The highest BCUT2D eigenvalue weighted by atomic mass is 16.5. The van der Waals surface area contributed by atoms with Gasteiger partial charge in [0.15, 0.2) is 0 Å². The van der Waals surface area contributed by atoms with E-state index >= 15 is 0 Å². The van der Waals surface area contributed by atoms with E-state index in [1.807, 2.05) is 0 Å². The molecule has 2 aliphatic heterocycles. The first-order chi connectivity index (χ1) is 10.6. The van der Waals surface area contributed by atoms with Gasteiger partial charge >= 0.3 is 0 Å². The summed E-state index contributed by atoms with van der Waals surface area (Å²) < 4.78 is 6.71. The smallest absolute Gasteiger partial charge is 0.255 e. The van der Waals surface area contributed by atoms with Gasteiger partial charge < -0.3 is 19.3 Å². The van der Waals surface area contributed by atoms with Crippen molar-refractivity contribution in [1.29, 1.82) is 0 Å². The molecule has 7 heteroatoms. The molecule has 0 radical (unpaired) electrons. The van der Waals surface area contributed by atoms with E-state index in [0.717, 1.165) is 13.1 Å². The lowest BCUT2D eigenvalue weighted by atomic mass is 10.1. The number of β-amino-alcohol motifs (C(OH)–C–C–N with tert-alkyl or cyclic N) is 1. The number of aromatic nitrogens is 1. The van der Waals surface area contributed by atoms with E-state index in [2.05, 4.69) is 4.90 Å². The van der Waals surface area contributed by atoms with Crippen molar-refractivity contribution in [2.75, 3.05) is 39.4 Å². The van der Waals surface area contributed by atoms with Crippen molar-refractivity contribution in [1.82, 2.24) is 14.4 Å². The summed E-state index contributed by atoms with van der Waals surface area (Å²) in [6, 6.07) is 2.89. The average molecular weight is 307 g/mol. The minimum atomic E-state index is -0.547. The number of ether oxygens (including phenoxy) is 1. The zero-order valence-corrected chi connectivity index (χ0v) is 12.6. The highest BCUT2D eigenvalue weighted by molar-refractivity contribution is 5.94. The summed E-state index contributed by atoms with van der Waals surface area (Å²) >= 11 is 0. The van der Waals surface area contributed by atoms with Crippen LogP contribution in [0.1, 0.15) is 10.4 Å². The zero-order chi connectivity index (χ0) is 15.7. The van der Waals surface area contributed by atoms with Gasteiger partial charge in [-0.25, -0.2) is 0 Å². The number of hydrogen-bond acceptors (Lipinski definition) is 5. The molecule has 7 nitrogen and oxygen atoms in total. The number of likely N-dealkylation sites (tertiary alicyclic amines) is 1. The zero-order valence-electron chi connectivity index (χ0n) is 12.6. The minimum Gasteiger partial charge on any atom is -0.390 e. The van der Waals surface area contributed by atoms with Crippen LogP contribution in [0.3, 0.4) is 0 Å². The number of aryl methyl sites for hydroxylation is 1. The maximum absolute atomic E-state index is 12.5. The summed E-state index contributed by atoms with van der Waals surface area (Å²) in [5, 5.41) is 10.3. The Morgan fingerprint density at radius 3 is 2.68 bits per heavy atom. The van der Waals surface area contributed by atoms with Crippen molar-refractivity contribution >= 4 is 5.91 Å². The second-order valence-corrected chi connectivity index (χ2v) is 5.86. The lowest BCUT2D eigenvalue weighted by molar-refractivity contribution is -0.00611. The fourth-order valence-corrected chi connectivity index (χ4v) is 3.11. The summed E-state index contributed by atoms with van der Waals surface area (Å²) in [5.74, 6) is -0.148. The standard InChI is InChI=1S/C15H21N3O4/c1-16-8-11(2-3-14(16)20)15(21)18-9-12(13(19)10-18)17-4-6-22-7-5-17/h2-3,8,12-13,19H,4-7,9-10H2,1H3/t12-,13-/m1/s1. The predicted molar refractivity (Wildman–Crippen MR) is 79.8 cm³/mol. The van der Waals surface area contributed by atoms with Crippen LogP contribution in [0.25, 0.3) is 0 Å². The van der Waals surface area contributed by atoms with Crippen LogP contribution in [0, 0.1) is 0 Å². The number of carbonyl (C=O) groups excluding carboxylic acids is 1. The molecule has 1 aromatic rings. The number of pyridine rings is 1. The maximum atomic E-state index is 12.5. The monoisotopic (exact) mass is 307 g/mol. The van der Waals surface area contributed by atoms with Crippen LogP contribution in [-0.2, 0) is 11.8 Å². The highest BCUT2D eigenvalue weighted by Gasteiger charge is 2.38. The van der Waals surface area contributed by atoms with Crippen LogP contribution < -0.4 is 5.56 Å². The van der Waals surface area contributed by atoms with Gasteiger partial charge in [0.25, 0.3) is 5.91 Å². The van der Waals surface area contributed by atoms with Crippen molar-refractivity contribution in [2.24, 2.45) is 7.05 Å². The molecule has 1 amide bonds. The molecule has 3 heterocycles. The van der Waals surface area contributed by atoms with Gasteiger partial charge in [0.2, 0.25) is 5.56 Å². The van der Waals surface area contributed by atoms with Gasteiger partial charge in [0.05, 0.1) is 30.9 Å². The first-order valence-corrected chi connectivity index (χ1v) is 7.52. The van der Waals surface area contributed by atoms with Gasteiger partial charge in [-0.2, -0.15) is 0 Å². The van der Waals surface area contributed by atoms with Crippen LogP contribution in [0.15, 0.2) is 23.1 Å². The molecule has 0 unspecified atom stereocenters. The molecule has 0 spiro atoms.